The molecule has 1 aromatic heterocycles. The van der Waals surface area contributed by atoms with E-state index in [1.165, 1.54) is 23.5 Å². The number of aromatic nitrogens is 2. The third kappa shape index (κ3) is 3.30. The zero-order valence-electron chi connectivity index (χ0n) is 9.91. The monoisotopic (exact) mass is 269 g/mol. The fourth-order valence-electron chi connectivity index (χ4n) is 1.52. The second-order valence-electron chi connectivity index (χ2n) is 3.86. The van der Waals surface area contributed by atoms with Crippen LogP contribution in [0.3, 0.4) is 0 Å². The molecule has 1 N–H and O–H groups in total. The lowest BCUT2D eigenvalue weighted by Crippen LogP contribution is -2.09. The van der Waals surface area contributed by atoms with Crippen molar-refractivity contribution in [2.75, 3.05) is 13.6 Å². The standard InChI is InChI=1S/C12H13F2N3S/c1-15-5-4-11-16-17-12(18-11)6-8-2-3-9(13)7-10(8)14/h2-3,7,15H,4-6H2,1H3. The van der Waals surface area contributed by atoms with Crippen molar-refractivity contribution < 1.29 is 8.78 Å². The molecule has 2 rings (SSSR count). The summed E-state index contributed by atoms with van der Waals surface area (Å²) in [5.74, 6) is -1.11. The second-order valence-corrected chi connectivity index (χ2v) is 5.00. The Bertz CT molecular complexity index is 528. The highest BCUT2D eigenvalue weighted by molar-refractivity contribution is 7.11. The molecule has 0 amide bonds. The SMILES string of the molecule is CNCCc1nnc(Cc2ccc(F)cc2F)s1. The molecule has 96 valence electrons. The number of rotatable bonds is 5. The van der Waals surface area contributed by atoms with Crippen LogP contribution in [0, 0.1) is 11.6 Å². The highest BCUT2D eigenvalue weighted by atomic mass is 32.1. The lowest BCUT2D eigenvalue weighted by molar-refractivity contribution is 0.574. The Morgan fingerprint density at radius 2 is 2.00 bits per heavy atom. The molecule has 0 unspecified atom stereocenters. The minimum atomic E-state index is -0.566. The summed E-state index contributed by atoms with van der Waals surface area (Å²) in [7, 11) is 1.87. The number of likely N-dealkylation sites (N-methyl/N-ethyl adjacent to an activating group) is 1. The van der Waals surface area contributed by atoms with Gasteiger partial charge >= 0.3 is 0 Å². The van der Waals surface area contributed by atoms with Crippen molar-refractivity contribution in [1.82, 2.24) is 15.5 Å². The van der Waals surface area contributed by atoms with E-state index in [4.69, 9.17) is 0 Å². The Kier molecular flexibility index (Phi) is 4.33. The predicted molar refractivity (Wildman–Crippen MR) is 66.7 cm³/mol. The number of benzene rings is 1. The van der Waals surface area contributed by atoms with Gasteiger partial charge in [0, 0.05) is 25.5 Å². The smallest absolute Gasteiger partial charge is 0.129 e. The Morgan fingerprint density at radius 1 is 1.22 bits per heavy atom. The molecule has 0 aliphatic rings. The first-order valence-corrected chi connectivity index (χ1v) is 6.40. The van der Waals surface area contributed by atoms with Gasteiger partial charge in [-0.15, -0.1) is 21.5 Å². The average molecular weight is 269 g/mol. The molecule has 6 heteroatoms. The van der Waals surface area contributed by atoms with Gasteiger partial charge in [-0.2, -0.15) is 0 Å². The zero-order chi connectivity index (χ0) is 13.0. The summed E-state index contributed by atoms with van der Waals surface area (Å²) < 4.78 is 26.2. The second kappa shape index (κ2) is 5.97. The summed E-state index contributed by atoms with van der Waals surface area (Å²) in [4.78, 5) is 0. The summed E-state index contributed by atoms with van der Waals surface area (Å²) in [5, 5.41) is 12.7. The van der Waals surface area contributed by atoms with E-state index < -0.39 is 11.6 Å². The molecule has 18 heavy (non-hydrogen) atoms. The minimum absolute atomic E-state index is 0.351. The zero-order valence-corrected chi connectivity index (χ0v) is 10.7. The van der Waals surface area contributed by atoms with Gasteiger partial charge in [-0.3, -0.25) is 0 Å². The lowest BCUT2D eigenvalue weighted by Gasteiger charge is -1.99. The Labute approximate surface area is 108 Å². The largest absolute Gasteiger partial charge is 0.319 e. The Morgan fingerprint density at radius 3 is 2.72 bits per heavy atom. The van der Waals surface area contributed by atoms with Crippen LogP contribution in [-0.4, -0.2) is 23.8 Å². The van der Waals surface area contributed by atoms with Gasteiger partial charge in [0.05, 0.1) is 0 Å². The van der Waals surface area contributed by atoms with Crippen molar-refractivity contribution in [1.29, 1.82) is 0 Å². The number of hydrogen-bond acceptors (Lipinski definition) is 4. The molecule has 3 nitrogen and oxygen atoms in total. The highest BCUT2D eigenvalue weighted by Gasteiger charge is 2.09. The van der Waals surface area contributed by atoms with Gasteiger partial charge in [0.25, 0.3) is 0 Å². The third-order valence-electron chi connectivity index (χ3n) is 2.45. The predicted octanol–water partition coefficient (Wildman–Crippen LogP) is 2.17. The molecule has 0 atom stereocenters. The van der Waals surface area contributed by atoms with E-state index >= 15 is 0 Å². The van der Waals surface area contributed by atoms with Crippen LogP contribution in [0.1, 0.15) is 15.6 Å². The van der Waals surface area contributed by atoms with Crippen molar-refractivity contribution in [2.45, 2.75) is 12.8 Å². The van der Waals surface area contributed by atoms with Gasteiger partial charge in [-0.05, 0) is 18.7 Å². The number of halogens is 2. The van der Waals surface area contributed by atoms with Crippen molar-refractivity contribution in [2.24, 2.45) is 0 Å². The third-order valence-corrected chi connectivity index (χ3v) is 3.44. The van der Waals surface area contributed by atoms with Crippen LogP contribution in [-0.2, 0) is 12.8 Å². The average Bonchev–Trinajstić information content (AvgIpc) is 2.78. The summed E-state index contributed by atoms with van der Waals surface area (Å²) in [6.45, 7) is 0.833. The van der Waals surface area contributed by atoms with Crippen molar-refractivity contribution in [3.8, 4) is 0 Å². The van der Waals surface area contributed by atoms with Crippen LogP contribution in [0.15, 0.2) is 18.2 Å². The summed E-state index contributed by atoms with van der Waals surface area (Å²) in [6, 6.07) is 3.58. The number of nitrogens with zero attached hydrogens (tertiary/aromatic N) is 2. The molecular formula is C12H13F2N3S. The van der Waals surface area contributed by atoms with Crippen LogP contribution in [0.2, 0.25) is 0 Å². The quantitative estimate of drug-likeness (QED) is 0.904. The maximum atomic E-state index is 13.5. The van der Waals surface area contributed by atoms with Crippen LogP contribution >= 0.6 is 11.3 Å². The molecule has 0 saturated carbocycles. The minimum Gasteiger partial charge on any atom is -0.319 e. The first kappa shape index (κ1) is 13.0. The Hall–Kier alpha value is -1.40. The fraction of sp³-hybridized carbons (Fsp3) is 0.333. The lowest BCUT2D eigenvalue weighted by atomic mass is 10.1. The Balaban J connectivity index is 2.06. The van der Waals surface area contributed by atoms with Gasteiger partial charge in [-0.25, -0.2) is 8.78 Å². The van der Waals surface area contributed by atoms with Crippen molar-refractivity contribution in [3.05, 3.63) is 45.4 Å². The van der Waals surface area contributed by atoms with E-state index in [1.54, 1.807) is 0 Å². The molecule has 0 radical (unpaired) electrons. The highest BCUT2D eigenvalue weighted by Crippen LogP contribution is 2.17. The van der Waals surface area contributed by atoms with E-state index in [0.29, 0.717) is 12.0 Å². The van der Waals surface area contributed by atoms with Crippen LogP contribution in [0.5, 0.6) is 0 Å². The molecule has 0 aliphatic heterocycles. The van der Waals surface area contributed by atoms with Crippen molar-refractivity contribution in [3.63, 3.8) is 0 Å². The van der Waals surface area contributed by atoms with Gasteiger partial charge in [0.15, 0.2) is 0 Å². The number of hydrogen-bond donors (Lipinski definition) is 1. The maximum Gasteiger partial charge on any atom is 0.129 e. The molecule has 0 bridgehead atoms. The van der Waals surface area contributed by atoms with Crippen LogP contribution in [0.25, 0.3) is 0 Å². The maximum absolute atomic E-state index is 13.5. The van der Waals surface area contributed by atoms with Crippen molar-refractivity contribution >= 4 is 11.3 Å². The van der Waals surface area contributed by atoms with Crippen LogP contribution < -0.4 is 5.32 Å². The molecule has 1 heterocycles. The van der Waals surface area contributed by atoms with E-state index in [9.17, 15) is 8.78 Å². The van der Waals surface area contributed by atoms with E-state index in [1.807, 2.05) is 7.05 Å². The van der Waals surface area contributed by atoms with Gasteiger partial charge in [0.1, 0.15) is 21.6 Å². The van der Waals surface area contributed by atoms with E-state index in [0.717, 1.165) is 29.0 Å². The van der Waals surface area contributed by atoms with Gasteiger partial charge in [-0.1, -0.05) is 6.07 Å². The topological polar surface area (TPSA) is 37.8 Å². The summed E-state index contributed by atoms with van der Waals surface area (Å²) in [6.07, 6.45) is 1.16. The van der Waals surface area contributed by atoms with E-state index in [-0.39, 0.29) is 0 Å². The molecule has 0 saturated heterocycles. The van der Waals surface area contributed by atoms with Gasteiger partial charge in [0.2, 0.25) is 0 Å². The number of nitrogens with one attached hydrogen (secondary N) is 1. The molecular weight excluding hydrogens is 256 g/mol. The molecule has 0 aliphatic carbocycles. The molecule has 2 aromatic rings. The van der Waals surface area contributed by atoms with Gasteiger partial charge < -0.3 is 5.32 Å². The molecule has 0 fully saturated rings. The fourth-order valence-corrected chi connectivity index (χ4v) is 2.39. The molecule has 1 aromatic carbocycles. The first-order chi connectivity index (χ1) is 8.69. The van der Waals surface area contributed by atoms with Crippen LogP contribution in [0.4, 0.5) is 8.78 Å². The normalized spacial score (nSPS) is 10.8. The van der Waals surface area contributed by atoms with E-state index in [2.05, 4.69) is 15.5 Å². The molecule has 0 spiro atoms. The summed E-state index contributed by atoms with van der Waals surface area (Å²) in [5.41, 5.74) is 0.438. The first-order valence-electron chi connectivity index (χ1n) is 5.59. The summed E-state index contributed by atoms with van der Waals surface area (Å²) >= 11 is 1.46.